The molecule has 0 N–H and O–H groups in total. The van der Waals surface area contributed by atoms with Crippen molar-refractivity contribution in [2.24, 2.45) is 5.92 Å². The van der Waals surface area contributed by atoms with Crippen LogP contribution < -0.4 is 9.47 Å². The Balaban J connectivity index is 1.84. The molecule has 0 amide bonds. The molecule has 7 nitrogen and oxygen atoms in total. The number of rotatable bonds is 10. The zero-order valence-electron chi connectivity index (χ0n) is 24.0. The Morgan fingerprint density at radius 3 is 1.90 bits per heavy atom. The lowest BCUT2D eigenvalue weighted by molar-refractivity contribution is -0.153. The molecule has 0 aliphatic heterocycles. The van der Waals surface area contributed by atoms with Gasteiger partial charge in [0.2, 0.25) is 5.75 Å². The molecule has 0 bridgehead atoms. The van der Waals surface area contributed by atoms with Gasteiger partial charge in [-0.1, -0.05) is 43.3 Å². The van der Waals surface area contributed by atoms with Crippen LogP contribution in [0, 0.1) is 33.6 Å². The number of aromatic nitrogens is 1. The summed E-state index contributed by atoms with van der Waals surface area (Å²) >= 11 is 0. The van der Waals surface area contributed by atoms with E-state index in [0.717, 1.165) is 22.3 Å². The van der Waals surface area contributed by atoms with Crippen LogP contribution in [0.3, 0.4) is 0 Å². The molecule has 1 aromatic heterocycles. The summed E-state index contributed by atoms with van der Waals surface area (Å²) < 4.78 is 16.4. The van der Waals surface area contributed by atoms with Crippen molar-refractivity contribution in [3.63, 3.8) is 0 Å². The molecule has 0 fully saturated rings. The van der Waals surface area contributed by atoms with Gasteiger partial charge in [-0.25, -0.2) is 4.98 Å². The van der Waals surface area contributed by atoms with E-state index in [9.17, 15) is 14.4 Å². The summed E-state index contributed by atoms with van der Waals surface area (Å²) in [6, 6.07) is 14.1. The topological polar surface area (TPSA) is 91.8 Å². The molecule has 0 unspecified atom stereocenters. The molecule has 3 aromatic rings. The zero-order valence-corrected chi connectivity index (χ0v) is 24.0. The van der Waals surface area contributed by atoms with Crippen molar-refractivity contribution < 1.29 is 28.6 Å². The lowest BCUT2D eigenvalue weighted by atomic mass is 9.84. The van der Waals surface area contributed by atoms with Crippen molar-refractivity contribution in [2.75, 3.05) is 7.11 Å². The smallest absolute Gasteiger partial charge is 0.309 e. The Morgan fingerprint density at radius 2 is 1.41 bits per heavy atom. The third kappa shape index (κ3) is 7.11. The summed E-state index contributed by atoms with van der Waals surface area (Å²) in [6.07, 6.45) is 0.727. The fourth-order valence-corrected chi connectivity index (χ4v) is 4.51. The van der Waals surface area contributed by atoms with Crippen molar-refractivity contribution in [3.8, 4) is 11.5 Å². The van der Waals surface area contributed by atoms with Crippen LogP contribution in [0.5, 0.6) is 11.5 Å². The minimum absolute atomic E-state index is 0.0593. The number of hydrogen-bond acceptors (Lipinski definition) is 7. The van der Waals surface area contributed by atoms with Gasteiger partial charge in [0, 0.05) is 31.5 Å². The summed E-state index contributed by atoms with van der Waals surface area (Å²) in [7, 11) is 1.40. The van der Waals surface area contributed by atoms with Gasteiger partial charge in [-0.05, 0) is 68.0 Å². The third-order valence-corrected chi connectivity index (χ3v) is 7.04. The number of esters is 2. The van der Waals surface area contributed by atoms with Crippen LogP contribution in [-0.2, 0) is 14.3 Å². The number of methoxy groups -OCH3 is 1. The number of Topliss-reactive ketones (excluding diaryl/α,β-unsaturated/α-hetero) is 1. The number of hydrogen-bond donors (Lipinski definition) is 0. The molecule has 0 aliphatic rings. The standard InChI is InChI=1S/C32H37NO6/c1-18-9-11-25(15-20(18)3)29(26-12-10-19(2)21(4)16-26)23(6)38-32(36)22(5)17-27(35)30-31(39-24(7)34)28(37-8)13-14-33-30/h9-16,22-23,29H,17H2,1-8H3/t22-,23+/m1/s1. The summed E-state index contributed by atoms with van der Waals surface area (Å²) in [5.41, 5.74) is 6.73. The van der Waals surface area contributed by atoms with Crippen molar-refractivity contribution in [1.82, 2.24) is 4.98 Å². The summed E-state index contributed by atoms with van der Waals surface area (Å²) in [5.74, 6) is -2.36. The molecule has 206 valence electrons. The quantitative estimate of drug-likeness (QED) is 0.226. The Labute approximate surface area is 230 Å². The van der Waals surface area contributed by atoms with E-state index in [1.54, 1.807) is 6.92 Å². The van der Waals surface area contributed by atoms with Gasteiger partial charge in [0.15, 0.2) is 17.2 Å². The van der Waals surface area contributed by atoms with Gasteiger partial charge in [-0.3, -0.25) is 14.4 Å². The van der Waals surface area contributed by atoms with Gasteiger partial charge < -0.3 is 14.2 Å². The fraction of sp³-hybridized carbons (Fsp3) is 0.375. The zero-order chi connectivity index (χ0) is 28.9. The highest BCUT2D eigenvalue weighted by Gasteiger charge is 2.30. The average Bonchev–Trinajstić information content (AvgIpc) is 2.88. The largest absolute Gasteiger partial charge is 0.493 e. The molecule has 0 radical (unpaired) electrons. The van der Waals surface area contributed by atoms with E-state index >= 15 is 0 Å². The fourth-order valence-electron chi connectivity index (χ4n) is 4.51. The minimum atomic E-state index is -0.752. The maximum atomic E-state index is 13.2. The van der Waals surface area contributed by atoms with Crippen LogP contribution >= 0.6 is 0 Å². The number of nitrogens with zero attached hydrogens (tertiary/aromatic N) is 1. The van der Waals surface area contributed by atoms with Gasteiger partial charge in [0.05, 0.1) is 13.0 Å². The van der Waals surface area contributed by atoms with Crippen molar-refractivity contribution in [2.45, 2.75) is 66.9 Å². The van der Waals surface area contributed by atoms with E-state index in [1.807, 2.05) is 6.92 Å². The number of carbonyl (C=O) groups is 3. The van der Waals surface area contributed by atoms with E-state index in [4.69, 9.17) is 14.2 Å². The van der Waals surface area contributed by atoms with Crippen LogP contribution in [0.25, 0.3) is 0 Å². The van der Waals surface area contributed by atoms with E-state index in [1.165, 1.54) is 37.4 Å². The molecule has 0 spiro atoms. The first-order chi connectivity index (χ1) is 18.4. The highest BCUT2D eigenvalue weighted by Crippen LogP contribution is 2.34. The number of pyridine rings is 1. The highest BCUT2D eigenvalue weighted by molar-refractivity contribution is 5.99. The number of ketones is 1. The molecular formula is C32H37NO6. The molecule has 7 heteroatoms. The average molecular weight is 532 g/mol. The molecule has 0 aliphatic carbocycles. The molecule has 39 heavy (non-hydrogen) atoms. The van der Waals surface area contributed by atoms with Gasteiger partial charge in [0.1, 0.15) is 6.10 Å². The SMILES string of the molecule is COc1ccnc(C(=O)C[C@@H](C)C(=O)O[C@@H](C)C(c2ccc(C)c(C)c2)c2ccc(C)c(C)c2)c1OC(C)=O. The van der Waals surface area contributed by atoms with Crippen molar-refractivity contribution >= 4 is 17.7 Å². The summed E-state index contributed by atoms with van der Waals surface area (Å²) in [4.78, 5) is 42.0. The first-order valence-corrected chi connectivity index (χ1v) is 13.0. The second kappa shape index (κ2) is 12.7. The highest BCUT2D eigenvalue weighted by atomic mass is 16.6. The number of benzene rings is 2. The van der Waals surface area contributed by atoms with Crippen LogP contribution in [0.15, 0.2) is 48.7 Å². The lowest BCUT2D eigenvalue weighted by Crippen LogP contribution is -2.28. The first kappa shape index (κ1) is 29.6. The Morgan fingerprint density at radius 1 is 0.846 bits per heavy atom. The normalized spacial score (nSPS) is 12.5. The predicted molar refractivity (Wildman–Crippen MR) is 149 cm³/mol. The van der Waals surface area contributed by atoms with Crippen LogP contribution in [-0.4, -0.2) is 35.9 Å². The minimum Gasteiger partial charge on any atom is -0.493 e. The molecular weight excluding hydrogens is 494 g/mol. The van der Waals surface area contributed by atoms with E-state index in [-0.39, 0.29) is 29.5 Å². The maximum absolute atomic E-state index is 13.2. The van der Waals surface area contributed by atoms with Crippen molar-refractivity contribution in [3.05, 3.63) is 87.7 Å². The Hall–Kier alpha value is -4.00. The Kier molecular flexibility index (Phi) is 9.62. The molecule has 2 aromatic carbocycles. The van der Waals surface area contributed by atoms with Crippen LogP contribution in [0.1, 0.15) is 77.0 Å². The van der Waals surface area contributed by atoms with Gasteiger partial charge >= 0.3 is 11.9 Å². The van der Waals surface area contributed by atoms with Crippen LogP contribution in [0.4, 0.5) is 0 Å². The summed E-state index contributed by atoms with van der Waals surface area (Å²) in [5, 5.41) is 0. The monoisotopic (exact) mass is 531 g/mol. The second-order valence-electron chi connectivity index (χ2n) is 10.1. The molecule has 3 rings (SSSR count). The van der Waals surface area contributed by atoms with Crippen molar-refractivity contribution in [1.29, 1.82) is 0 Å². The number of ether oxygens (including phenoxy) is 3. The van der Waals surface area contributed by atoms with Gasteiger partial charge in [-0.15, -0.1) is 0 Å². The molecule has 0 saturated heterocycles. The number of aryl methyl sites for hydroxylation is 4. The van der Waals surface area contributed by atoms with Gasteiger partial charge in [-0.2, -0.15) is 0 Å². The van der Waals surface area contributed by atoms with Gasteiger partial charge in [0.25, 0.3) is 0 Å². The second-order valence-corrected chi connectivity index (χ2v) is 10.1. The summed E-state index contributed by atoms with van der Waals surface area (Å²) in [6.45, 7) is 13.0. The van der Waals surface area contributed by atoms with E-state index in [0.29, 0.717) is 0 Å². The van der Waals surface area contributed by atoms with E-state index in [2.05, 4.69) is 69.1 Å². The molecule has 0 saturated carbocycles. The van der Waals surface area contributed by atoms with Crippen LogP contribution in [0.2, 0.25) is 0 Å². The number of carbonyl (C=O) groups excluding carboxylic acids is 3. The third-order valence-electron chi connectivity index (χ3n) is 7.04. The lowest BCUT2D eigenvalue weighted by Gasteiger charge is -2.27. The Bertz CT molecular complexity index is 1330. The molecule has 1 heterocycles. The first-order valence-electron chi connectivity index (χ1n) is 13.0. The van der Waals surface area contributed by atoms with E-state index < -0.39 is 29.7 Å². The maximum Gasteiger partial charge on any atom is 0.309 e. The molecule has 2 atom stereocenters. The predicted octanol–water partition coefficient (Wildman–Crippen LogP) is 6.22.